The van der Waals surface area contributed by atoms with Crippen molar-refractivity contribution >= 4 is 23.5 Å². The van der Waals surface area contributed by atoms with Crippen molar-refractivity contribution in [2.45, 2.75) is 43.2 Å². The van der Waals surface area contributed by atoms with Crippen LogP contribution in [-0.2, 0) is 22.6 Å². The van der Waals surface area contributed by atoms with Gasteiger partial charge in [-0.15, -0.1) is 0 Å². The number of H-pyrrole nitrogens is 1. The topological polar surface area (TPSA) is 121 Å². The van der Waals surface area contributed by atoms with Crippen LogP contribution in [0.5, 0.6) is 0 Å². The minimum absolute atomic E-state index is 0.00134. The van der Waals surface area contributed by atoms with E-state index < -0.39 is 6.29 Å². The molecule has 196 valence electrons. The van der Waals surface area contributed by atoms with Gasteiger partial charge in [0.05, 0.1) is 18.8 Å². The number of urea groups is 1. The fourth-order valence-electron chi connectivity index (χ4n) is 4.14. The maximum absolute atomic E-state index is 12.3. The molecule has 5 rings (SSSR count). The minimum Gasteiger partial charge on any atom is -0.392 e. The van der Waals surface area contributed by atoms with Gasteiger partial charge in [0.15, 0.2) is 11.4 Å². The summed E-state index contributed by atoms with van der Waals surface area (Å²) in [6, 6.07) is 24.7. The van der Waals surface area contributed by atoms with Gasteiger partial charge in [-0.1, -0.05) is 78.5 Å². The second-order valence-electron chi connectivity index (χ2n) is 8.87. The predicted octanol–water partition coefficient (Wildman–Crippen LogP) is 4.96. The molecule has 3 aromatic carbocycles. The number of carbonyl (C=O) groups excluding carboxylic acids is 1. The molecule has 1 saturated heterocycles. The first-order valence-electron chi connectivity index (χ1n) is 12.3. The third kappa shape index (κ3) is 6.99. The van der Waals surface area contributed by atoms with Crippen LogP contribution >= 0.6 is 11.8 Å². The highest BCUT2D eigenvalue weighted by molar-refractivity contribution is 7.99. The van der Waals surface area contributed by atoms with Gasteiger partial charge in [0.25, 0.3) is 0 Å². The number of nitrogens with one attached hydrogen (secondary N) is 3. The Labute approximate surface area is 225 Å². The number of aliphatic hydroxyl groups excluding tert-OH is 1. The SMILES string of the molecule is O=C(NCc1ccccc1)Nc1ccc(C2OC(CSc3ncn[nH]3)CC(c3ccc(CO)cc3)O2)cc1. The van der Waals surface area contributed by atoms with Crippen molar-refractivity contribution in [3.05, 3.63) is 107 Å². The van der Waals surface area contributed by atoms with E-state index >= 15 is 0 Å². The van der Waals surface area contributed by atoms with Crippen LogP contribution in [0.25, 0.3) is 0 Å². The Morgan fingerprint density at radius 2 is 1.74 bits per heavy atom. The van der Waals surface area contributed by atoms with Gasteiger partial charge in [0.2, 0.25) is 0 Å². The van der Waals surface area contributed by atoms with Crippen LogP contribution < -0.4 is 10.6 Å². The second-order valence-corrected chi connectivity index (χ2v) is 9.88. The van der Waals surface area contributed by atoms with Crippen molar-refractivity contribution in [2.75, 3.05) is 11.1 Å². The molecule has 0 radical (unpaired) electrons. The maximum atomic E-state index is 12.3. The van der Waals surface area contributed by atoms with Crippen molar-refractivity contribution in [1.82, 2.24) is 20.5 Å². The summed E-state index contributed by atoms with van der Waals surface area (Å²) in [5.74, 6) is 0.682. The lowest BCUT2D eigenvalue weighted by Crippen LogP contribution is -2.31. The van der Waals surface area contributed by atoms with Gasteiger partial charge >= 0.3 is 6.03 Å². The molecule has 1 fully saturated rings. The Morgan fingerprint density at radius 3 is 2.45 bits per heavy atom. The molecule has 1 aliphatic heterocycles. The van der Waals surface area contributed by atoms with Crippen LogP contribution in [0.1, 0.15) is 41.1 Å². The van der Waals surface area contributed by atoms with E-state index in [1.165, 1.54) is 6.33 Å². The molecule has 2 amide bonds. The number of hydrogen-bond donors (Lipinski definition) is 4. The Hall–Kier alpha value is -3.70. The van der Waals surface area contributed by atoms with Crippen molar-refractivity contribution in [3.8, 4) is 0 Å². The zero-order valence-corrected chi connectivity index (χ0v) is 21.4. The molecule has 2 heterocycles. The first kappa shape index (κ1) is 25.9. The van der Waals surface area contributed by atoms with Gasteiger partial charge in [-0.3, -0.25) is 5.10 Å². The summed E-state index contributed by atoms with van der Waals surface area (Å²) in [7, 11) is 0. The second kappa shape index (κ2) is 12.7. The first-order chi connectivity index (χ1) is 18.7. The van der Waals surface area contributed by atoms with Gasteiger partial charge < -0.3 is 25.2 Å². The zero-order chi connectivity index (χ0) is 26.2. The van der Waals surface area contributed by atoms with Crippen LogP contribution in [0.4, 0.5) is 10.5 Å². The number of nitrogens with zero attached hydrogens (tertiary/aromatic N) is 2. The van der Waals surface area contributed by atoms with Gasteiger partial charge in [0, 0.05) is 30.0 Å². The van der Waals surface area contributed by atoms with Crippen molar-refractivity contribution in [1.29, 1.82) is 0 Å². The Balaban J connectivity index is 1.24. The highest BCUT2D eigenvalue weighted by atomic mass is 32.2. The number of hydrogen-bond acceptors (Lipinski definition) is 7. The van der Waals surface area contributed by atoms with Crippen LogP contribution in [0, 0.1) is 0 Å². The summed E-state index contributed by atoms with van der Waals surface area (Å²) < 4.78 is 12.7. The molecule has 38 heavy (non-hydrogen) atoms. The maximum Gasteiger partial charge on any atom is 0.319 e. The Bertz CT molecular complexity index is 1290. The normalized spacial score (nSPS) is 19.1. The number of rotatable bonds is 9. The van der Waals surface area contributed by atoms with E-state index in [0.29, 0.717) is 24.4 Å². The molecule has 0 bridgehead atoms. The lowest BCUT2D eigenvalue weighted by Gasteiger charge is -2.36. The van der Waals surface area contributed by atoms with Gasteiger partial charge in [0.1, 0.15) is 6.33 Å². The number of aromatic nitrogens is 3. The molecule has 3 unspecified atom stereocenters. The number of thioether (sulfide) groups is 1. The van der Waals surface area contributed by atoms with E-state index in [0.717, 1.165) is 27.4 Å². The quantitative estimate of drug-likeness (QED) is 0.225. The molecule has 4 aromatic rings. The van der Waals surface area contributed by atoms with E-state index in [1.54, 1.807) is 11.8 Å². The molecule has 10 heteroatoms. The molecule has 0 saturated carbocycles. The van der Waals surface area contributed by atoms with Crippen LogP contribution in [0.15, 0.2) is 90.3 Å². The number of aliphatic hydroxyl groups is 1. The van der Waals surface area contributed by atoms with Crippen molar-refractivity contribution in [3.63, 3.8) is 0 Å². The molecule has 0 aliphatic carbocycles. The molecule has 3 atom stereocenters. The minimum atomic E-state index is -0.576. The summed E-state index contributed by atoms with van der Waals surface area (Å²) in [5, 5.41) is 22.6. The van der Waals surface area contributed by atoms with E-state index in [1.807, 2.05) is 78.9 Å². The summed E-state index contributed by atoms with van der Waals surface area (Å²) in [6.07, 6.45) is 1.32. The fraction of sp³-hybridized carbons (Fsp3) is 0.250. The highest BCUT2D eigenvalue weighted by Crippen LogP contribution is 2.39. The molecule has 4 N–H and O–H groups in total. The largest absolute Gasteiger partial charge is 0.392 e. The van der Waals surface area contributed by atoms with Gasteiger partial charge in [-0.05, 0) is 28.8 Å². The summed E-state index contributed by atoms with van der Waals surface area (Å²) >= 11 is 1.55. The Morgan fingerprint density at radius 1 is 0.974 bits per heavy atom. The number of anilines is 1. The lowest BCUT2D eigenvalue weighted by molar-refractivity contribution is -0.245. The van der Waals surface area contributed by atoms with E-state index in [9.17, 15) is 9.90 Å². The monoisotopic (exact) mass is 531 g/mol. The molecule has 1 aromatic heterocycles. The van der Waals surface area contributed by atoms with Crippen LogP contribution in [0.3, 0.4) is 0 Å². The van der Waals surface area contributed by atoms with E-state index in [4.69, 9.17) is 9.47 Å². The summed E-state index contributed by atoms with van der Waals surface area (Å²) in [4.78, 5) is 16.5. The number of aromatic amines is 1. The third-order valence-electron chi connectivity index (χ3n) is 6.15. The predicted molar refractivity (Wildman–Crippen MR) is 144 cm³/mol. The number of ether oxygens (including phenoxy) is 2. The van der Waals surface area contributed by atoms with Crippen molar-refractivity contribution in [2.24, 2.45) is 0 Å². The molecular formula is C28H29N5O4S. The van der Waals surface area contributed by atoms with Crippen LogP contribution in [0.2, 0.25) is 0 Å². The number of amides is 2. The molecule has 9 nitrogen and oxygen atoms in total. The average Bonchev–Trinajstić information content (AvgIpc) is 3.50. The standard InChI is InChI=1S/C28H29N5O4S/c34-16-20-6-8-21(9-7-20)25-14-24(17-38-28-30-18-31-33-28)36-26(37-25)22-10-12-23(13-11-22)32-27(35)29-15-19-4-2-1-3-5-19/h1-13,18,24-26,34H,14-17H2,(H2,29,32,35)(H,30,31,33). The van der Waals surface area contributed by atoms with E-state index in [-0.39, 0.29) is 24.8 Å². The molecular weight excluding hydrogens is 502 g/mol. The van der Waals surface area contributed by atoms with Gasteiger partial charge in [-0.25, -0.2) is 9.78 Å². The zero-order valence-electron chi connectivity index (χ0n) is 20.6. The fourth-order valence-corrected chi connectivity index (χ4v) is 4.93. The van der Waals surface area contributed by atoms with Gasteiger partial charge in [-0.2, -0.15) is 5.10 Å². The summed E-state index contributed by atoms with van der Waals surface area (Å²) in [5.41, 5.74) is 4.43. The number of carbonyl (C=O) groups is 1. The highest BCUT2D eigenvalue weighted by Gasteiger charge is 2.32. The van der Waals surface area contributed by atoms with Crippen LogP contribution in [-0.4, -0.2) is 38.2 Å². The van der Waals surface area contributed by atoms with E-state index in [2.05, 4.69) is 25.8 Å². The lowest BCUT2D eigenvalue weighted by atomic mass is 10.0. The third-order valence-corrected chi connectivity index (χ3v) is 7.16. The molecule has 0 spiro atoms. The summed E-state index contributed by atoms with van der Waals surface area (Å²) in [6.45, 7) is 0.446. The molecule has 1 aliphatic rings. The Kier molecular flexibility index (Phi) is 8.67. The number of benzene rings is 3. The van der Waals surface area contributed by atoms with Crippen molar-refractivity contribution < 1.29 is 19.4 Å². The average molecular weight is 532 g/mol. The first-order valence-corrected chi connectivity index (χ1v) is 13.3. The smallest absolute Gasteiger partial charge is 0.319 e.